The van der Waals surface area contributed by atoms with Gasteiger partial charge >= 0.3 is 0 Å². The van der Waals surface area contributed by atoms with E-state index in [-0.39, 0.29) is 0 Å². The van der Waals surface area contributed by atoms with Crippen LogP contribution in [0.15, 0.2) is 52.5 Å². The largest absolute Gasteiger partial charge is 0.453 e. The smallest absolute Gasteiger partial charge is 0.137 e. The lowest BCUT2D eigenvalue weighted by molar-refractivity contribution is 0.646. The van der Waals surface area contributed by atoms with Crippen LogP contribution in [0.1, 0.15) is 0 Å². The molecule has 0 N–H and O–H groups in total. The van der Waals surface area contributed by atoms with Crippen LogP contribution in [0.4, 0.5) is 0 Å². The standard InChI is InChI=1S/C10H9OP/c1-2-4-6-10-9(5-3-1)7-8-12-11-10/h1-8,12H. The Morgan fingerprint density at radius 3 is 2.67 bits per heavy atom. The van der Waals surface area contributed by atoms with E-state index in [0.717, 1.165) is 10.6 Å². The fourth-order valence-corrected chi connectivity index (χ4v) is 1.69. The summed E-state index contributed by atoms with van der Waals surface area (Å²) in [5.74, 6) is 2.04. The lowest BCUT2D eigenvalue weighted by atomic mass is 10.3. The van der Waals surface area contributed by atoms with E-state index in [0.29, 0.717) is 8.43 Å². The van der Waals surface area contributed by atoms with E-state index in [1.807, 2.05) is 36.1 Å². The van der Waals surface area contributed by atoms with Crippen LogP contribution in [0.25, 0.3) is 0 Å². The summed E-state index contributed by atoms with van der Waals surface area (Å²) in [5, 5.41) is 1.15. The molecule has 0 aromatic rings. The molecule has 12 heavy (non-hydrogen) atoms. The normalized spacial score (nSPS) is 10.3. The molecule has 1 atom stereocenters. The van der Waals surface area contributed by atoms with E-state index < -0.39 is 0 Å². The van der Waals surface area contributed by atoms with Gasteiger partial charge in [-0.15, -0.1) is 0 Å². The highest BCUT2D eigenvalue weighted by Crippen LogP contribution is 2.05. The van der Waals surface area contributed by atoms with Crippen LogP contribution >= 0.6 is 8.43 Å². The molecule has 0 aromatic carbocycles. The van der Waals surface area contributed by atoms with Crippen LogP contribution in [-0.2, 0) is 0 Å². The van der Waals surface area contributed by atoms with E-state index in [9.17, 15) is 0 Å². The first kappa shape index (κ1) is 7.45. The molecule has 2 heteroatoms. The first-order valence-corrected chi connectivity index (χ1v) is 4.80. The summed E-state index contributed by atoms with van der Waals surface area (Å²) in [4.78, 5) is 0. The quantitative estimate of drug-likeness (QED) is 0.600. The maximum atomic E-state index is 5.47. The molecule has 0 bridgehead atoms. The van der Waals surface area contributed by atoms with Crippen molar-refractivity contribution in [2.24, 2.45) is 0 Å². The maximum Gasteiger partial charge on any atom is 0.137 e. The van der Waals surface area contributed by atoms with Crippen molar-refractivity contribution in [1.29, 1.82) is 0 Å². The second-order valence-electron chi connectivity index (χ2n) is 2.48. The van der Waals surface area contributed by atoms with Crippen molar-refractivity contribution in [3.05, 3.63) is 58.9 Å². The van der Waals surface area contributed by atoms with Gasteiger partial charge in [0.25, 0.3) is 0 Å². The molecule has 0 spiro atoms. The molecule has 0 amide bonds. The van der Waals surface area contributed by atoms with Gasteiger partial charge in [0, 0.05) is 13.7 Å². The SMILES string of the molecule is c1cccc2o[pH]ccc=2cc1. The lowest BCUT2D eigenvalue weighted by Gasteiger charge is -1.86. The van der Waals surface area contributed by atoms with Gasteiger partial charge in [0.1, 0.15) is 5.42 Å². The van der Waals surface area contributed by atoms with E-state index in [2.05, 4.69) is 12.1 Å². The summed E-state index contributed by atoms with van der Waals surface area (Å²) in [6, 6.07) is 14.1. The highest BCUT2D eigenvalue weighted by molar-refractivity contribution is 7.21. The van der Waals surface area contributed by atoms with Gasteiger partial charge in [0.15, 0.2) is 0 Å². The summed E-state index contributed by atoms with van der Waals surface area (Å²) in [6.45, 7) is 0. The van der Waals surface area contributed by atoms with Gasteiger partial charge in [-0.1, -0.05) is 30.3 Å². The van der Waals surface area contributed by atoms with Crippen molar-refractivity contribution in [2.75, 3.05) is 0 Å². The molecule has 60 valence electrons. The summed E-state index contributed by atoms with van der Waals surface area (Å²) in [7, 11) is 0.459. The Morgan fingerprint density at radius 1 is 0.917 bits per heavy atom. The van der Waals surface area contributed by atoms with Gasteiger partial charge in [-0.2, -0.15) is 0 Å². The average molecular weight is 176 g/mol. The molecule has 1 aliphatic heterocycles. The fraction of sp³-hybridized carbons (Fsp3) is 0. The van der Waals surface area contributed by atoms with Crippen molar-refractivity contribution < 1.29 is 4.20 Å². The van der Waals surface area contributed by atoms with Crippen molar-refractivity contribution in [2.45, 2.75) is 0 Å². The molecule has 0 saturated heterocycles. The number of hydrogen-bond donors (Lipinski definition) is 0. The third-order valence-corrected chi connectivity index (χ3v) is 2.28. The van der Waals surface area contributed by atoms with Gasteiger partial charge in [-0.05, 0) is 17.9 Å². The predicted molar refractivity (Wildman–Crippen MR) is 51.1 cm³/mol. The van der Waals surface area contributed by atoms with Crippen LogP contribution in [0, 0.1) is 10.6 Å². The highest BCUT2D eigenvalue weighted by atomic mass is 31.1. The second kappa shape index (κ2) is 3.46. The Balaban J connectivity index is 2.95. The Morgan fingerprint density at radius 2 is 1.75 bits per heavy atom. The fourth-order valence-electron chi connectivity index (χ4n) is 1.06. The third-order valence-electron chi connectivity index (χ3n) is 1.64. The zero-order valence-corrected chi connectivity index (χ0v) is 7.53. The van der Waals surface area contributed by atoms with Crippen LogP contribution in [0.3, 0.4) is 0 Å². The average Bonchev–Trinajstić information content (AvgIpc) is 2.06. The van der Waals surface area contributed by atoms with E-state index in [4.69, 9.17) is 4.20 Å². The molecule has 1 unspecified atom stereocenters. The molecule has 2 rings (SSSR count). The van der Waals surface area contributed by atoms with Crippen molar-refractivity contribution in [3.63, 3.8) is 0 Å². The van der Waals surface area contributed by atoms with E-state index in [1.165, 1.54) is 0 Å². The topological polar surface area (TPSA) is 13.1 Å². The van der Waals surface area contributed by atoms with Crippen LogP contribution < -0.4 is 0 Å². The molecule has 1 aliphatic carbocycles. The van der Waals surface area contributed by atoms with Gasteiger partial charge in [-0.25, -0.2) is 0 Å². The molecular weight excluding hydrogens is 167 g/mol. The second-order valence-corrected chi connectivity index (χ2v) is 3.25. The summed E-state index contributed by atoms with van der Waals surface area (Å²) < 4.78 is 5.47. The molecule has 0 saturated carbocycles. The monoisotopic (exact) mass is 176 g/mol. The van der Waals surface area contributed by atoms with Crippen molar-refractivity contribution in [3.8, 4) is 0 Å². The summed E-state index contributed by atoms with van der Waals surface area (Å²) >= 11 is 0. The van der Waals surface area contributed by atoms with Crippen molar-refractivity contribution >= 4 is 8.43 Å². The Bertz CT molecular complexity index is 410. The first-order chi connectivity index (χ1) is 5.97. The number of hydrogen-bond acceptors (Lipinski definition) is 1. The predicted octanol–water partition coefficient (Wildman–Crippen LogP) is 3.16. The van der Waals surface area contributed by atoms with E-state index >= 15 is 0 Å². The molecule has 0 fully saturated rings. The molecule has 0 aromatic heterocycles. The maximum absolute atomic E-state index is 5.47. The van der Waals surface area contributed by atoms with Crippen LogP contribution in [0.5, 0.6) is 0 Å². The van der Waals surface area contributed by atoms with Gasteiger partial charge < -0.3 is 4.20 Å². The summed E-state index contributed by atoms with van der Waals surface area (Å²) in [6.07, 6.45) is 0. The molecular formula is C10H9OP. The zero-order valence-electron chi connectivity index (χ0n) is 6.53. The first-order valence-electron chi connectivity index (χ1n) is 3.81. The molecule has 0 radical (unpaired) electrons. The zero-order chi connectivity index (χ0) is 8.23. The minimum atomic E-state index is 0.459. The van der Waals surface area contributed by atoms with Gasteiger partial charge in [0.05, 0.1) is 0 Å². The number of rotatable bonds is 0. The third kappa shape index (κ3) is 1.51. The molecule has 1 nitrogen and oxygen atoms in total. The highest BCUT2D eigenvalue weighted by Gasteiger charge is 1.81. The minimum absolute atomic E-state index is 0.459. The van der Waals surface area contributed by atoms with E-state index in [1.54, 1.807) is 0 Å². The van der Waals surface area contributed by atoms with Gasteiger partial charge in [-0.3, -0.25) is 0 Å². The lowest BCUT2D eigenvalue weighted by Crippen LogP contribution is -1.66. The van der Waals surface area contributed by atoms with Crippen LogP contribution in [-0.4, -0.2) is 0 Å². The molecule has 2 aliphatic rings. The Labute approximate surface area is 72.2 Å². The van der Waals surface area contributed by atoms with Gasteiger partial charge in [0.2, 0.25) is 0 Å². The molecule has 1 heterocycles. The summed E-state index contributed by atoms with van der Waals surface area (Å²) in [5.41, 5.74) is 0.969. The van der Waals surface area contributed by atoms with Crippen LogP contribution in [0.2, 0.25) is 0 Å². The Kier molecular flexibility index (Phi) is 2.15. The minimum Gasteiger partial charge on any atom is -0.453 e. The Hall–Kier alpha value is -1.20. The van der Waals surface area contributed by atoms with Crippen molar-refractivity contribution in [1.82, 2.24) is 0 Å².